The van der Waals surface area contributed by atoms with Gasteiger partial charge in [0.05, 0.1) is 4.88 Å². The number of halogens is 1. The standard InChI is InChI=1S/C13H13BrN2S/c14-13-12(17-11(7-15)16-13)10-5-4-8-2-1-3-9(8)6-10/h4-6H,1-3,7,15H2. The molecule has 1 heterocycles. The van der Waals surface area contributed by atoms with E-state index in [1.54, 1.807) is 11.3 Å². The fourth-order valence-electron chi connectivity index (χ4n) is 2.32. The third-order valence-electron chi connectivity index (χ3n) is 3.17. The third-order valence-corrected chi connectivity index (χ3v) is 5.13. The van der Waals surface area contributed by atoms with Gasteiger partial charge in [0.15, 0.2) is 0 Å². The highest BCUT2D eigenvalue weighted by atomic mass is 79.9. The van der Waals surface area contributed by atoms with E-state index in [1.165, 1.54) is 40.8 Å². The molecule has 0 saturated carbocycles. The summed E-state index contributed by atoms with van der Waals surface area (Å²) in [5.74, 6) is 0. The van der Waals surface area contributed by atoms with Crippen molar-refractivity contribution >= 4 is 27.3 Å². The lowest BCUT2D eigenvalue weighted by atomic mass is 10.1. The summed E-state index contributed by atoms with van der Waals surface area (Å²) < 4.78 is 0.917. The third kappa shape index (κ3) is 2.05. The second kappa shape index (κ2) is 4.52. The maximum atomic E-state index is 5.63. The van der Waals surface area contributed by atoms with Gasteiger partial charge in [-0.3, -0.25) is 0 Å². The predicted octanol–water partition coefficient (Wildman–Crippen LogP) is 3.52. The summed E-state index contributed by atoms with van der Waals surface area (Å²) in [4.78, 5) is 5.60. The first-order valence-electron chi connectivity index (χ1n) is 5.75. The fourth-order valence-corrected chi connectivity index (χ4v) is 3.96. The molecule has 0 saturated heterocycles. The van der Waals surface area contributed by atoms with Crippen molar-refractivity contribution in [3.8, 4) is 10.4 Å². The maximum absolute atomic E-state index is 5.63. The lowest BCUT2D eigenvalue weighted by molar-refractivity contribution is 0.912. The average molecular weight is 309 g/mol. The number of nitrogens with two attached hydrogens (primary N) is 1. The van der Waals surface area contributed by atoms with Gasteiger partial charge in [-0.2, -0.15) is 0 Å². The van der Waals surface area contributed by atoms with Crippen molar-refractivity contribution in [3.63, 3.8) is 0 Å². The number of rotatable bonds is 2. The quantitative estimate of drug-likeness (QED) is 0.922. The smallest absolute Gasteiger partial charge is 0.125 e. The SMILES string of the molecule is NCc1nc(Br)c(-c2ccc3c(c2)CCC3)s1. The van der Waals surface area contributed by atoms with Gasteiger partial charge in [-0.25, -0.2) is 4.98 Å². The van der Waals surface area contributed by atoms with E-state index in [4.69, 9.17) is 5.73 Å². The number of benzene rings is 1. The number of nitrogens with zero attached hydrogens (tertiary/aromatic N) is 1. The van der Waals surface area contributed by atoms with Crippen LogP contribution in [0.1, 0.15) is 22.6 Å². The summed E-state index contributed by atoms with van der Waals surface area (Å²) in [5, 5.41) is 0.979. The van der Waals surface area contributed by atoms with E-state index in [9.17, 15) is 0 Å². The molecule has 0 unspecified atom stereocenters. The van der Waals surface area contributed by atoms with Crippen LogP contribution in [0.4, 0.5) is 0 Å². The van der Waals surface area contributed by atoms with E-state index in [1.807, 2.05) is 0 Å². The van der Waals surface area contributed by atoms with E-state index in [0.717, 1.165) is 9.61 Å². The minimum absolute atomic E-state index is 0.508. The molecule has 0 spiro atoms. The van der Waals surface area contributed by atoms with E-state index in [2.05, 4.69) is 39.1 Å². The van der Waals surface area contributed by atoms with E-state index in [0.29, 0.717) is 6.54 Å². The van der Waals surface area contributed by atoms with Crippen molar-refractivity contribution in [2.75, 3.05) is 0 Å². The topological polar surface area (TPSA) is 38.9 Å². The molecule has 0 aliphatic heterocycles. The van der Waals surface area contributed by atoms with Crippen LogP contribution in [-0.4, -0.2) is 4.98 Å². The van der Waals surface area contributed by atoms with Crippen LogP contribution in [0.5, 0.6) is 0 Å². The Hall–Kier alpha value is -0.710. The summed E-state index contributed by atoms with van der Waals surface area (Å²) in [6.07, 6.45) is 3.73. The molecular weight excluding hydrogens is 296 g/mol. The molecule has 2 aromatic rings. The van der Waals surface area contributed by atoms with Gasteiger partial charge in [-0.15, -0.1) is 11.3 Å². The van der Waals surface area contributed by atoms with Crippen LogP contribution in [0.2, 0.25) is 0 Å². The van der Waals surface area contributed by atoms with Gasteiger partial charge in [-0.1, -0.05) is 12.1 Å². The number of aromatic nitrogens is 1. The van der Waals surface area contributed by atoms with Crippen LogP contribution in [0.25, 0.3) is 10.4 Å². The lowest BCUT2D eigenvalue weighted by Gasteiger charge is -2.02. The first-order chi connectivity index (χ1) is 8.28. The molecule has 3 rings (SSSR count). The molecule has 4 heteroatoms. The van der Waals surface area contributed by atoms with Crippen LogP contribution in [0.3, 0.4) is 0 Å². The minimum atomic E-state index is 0.508. The van der Waals surface area contributed by atoms with E-state index >= 15 is 0 Å². The number of hydrogen-bond donors (Lipinski definition) is 1. The molecule has 1 aromatic heterocycles. The van der Waals surface area contributed by atoms with Crippen LogP contribution in [0, 0.1) is 0 Å². The van der Waals surface area contributed by atoms with Crippen molar-refractivity contribution in [1.82, 2.24) is 4.98 Å². The van der Waals surface area contributed by atoms with Gasteiger partial charge in [0.1, 0.15) is 9.61 Å². The molecule has 0 radical (unpaired) electrons. The van der Waals surface area contributed by atoms with E-state index in [-0.39, 0.29) is 0 Å². The molecule has 0 amide bonds. The van der Waals surface area contributed by atoms with Crippen molar-refractivity contribution in [2.24, 2.45) is 5.73 Å². The molecule has 2 nitrogen and oxygen atoms in total. The monoisotopic (exact) mass is 308 g/mol. The molecule has 17 heavy (non-hydrogen) atoms. The average Bonchev–Trinajstić information content (AvgIpc) is 2.93. The molecule has 1 aliphatic rings. The first-order valence-corrected chi connectivity index (χ1v) is 7.36. The molecule has 88 valence electrons. The van der Waals surface area contributed by atoms with Gasteiger partial charge >= 0.3 is 0 Å². The highest BCUT2D eigenvalue weighted by molar-refractivity contribution is 9.10. The molecular formula is C13H13BrN2S. The van der Waals surface area contributed by atoms with Crippen molar-refractivity contribution < 1.29 is 0 Å². The van der Waals surface area contributed by atoms with Crippen LogP contribution in [0.15, 0.2) is 22.8 Å². The predicted molar refractivity (Wildman–Crippen MR) is 75.2 cm³/mol. The Morgan fingerprint density at radius 2 is 2.12 bits per heavy atom. The second-order valence-electron chi connectivity index (χ2n) is 4.27. The molecule has 1 aliphatic carbocycles. The van der Waals surface area contributed by atoms with Gasteiger partial charge in [0.25, 0.3) is 0 Å². The van der Waals surface area contributed by atoms with Crippen LogP contribution in [-0.2, 0) is 19.4 Å². The van der Waals surface area contributed by atoms with E-state index < -0.39 is 0 Å². The molecule has 0 fully saturated rings. The zero-order valence-electron chi connectivity index (χ0n) is 9.37. The summed E-state index contributed by atoms with van der Waals surface area (Å²) >= 11 is 5.19. The molecule has 0 atom stereocenters. The molecule has 0 bridgehead atoms. The number of thiazole rings is 1. The summed E-state index contributed by atoms with van der Waals surface area (Å²) in [5.41, 5.74) is 9.89. The Labute approximate surface area is 113 Å². The van der Waals surface area contributed by atoms with Crippen molar-refractivity contribution in [3.05, 3.63) is 38.9 Å². The first kappa shape index (κ1) is 11.4. The maximum Gasteiger partial charge on any atom is 0.125 e. The van der Waals surface area contributed by atoms with Gasteiger partial charge in [0.2, 0.25) is 0 Å². The summed E-state index contributed by atoms with van der Waals surface area (Å²) in [6, 6.07) is 6.76. The zero-order chi connectivity index (χ0) is 11.8. The van der Waals surface area contributed by atoms with Gasteiger partial charge < -0.3 is 5.73 Å². The lowest BCUT2D eigenvalue weighted by Crippen LogP contribution is -1.93. The van der Waals surface area contributed by atoms with Crippen LogP contribution >= 0.6 is 27.3 Å². The number of hydrogen-bond acceptors (Lipinski definition) is 3. The van der Waals surface area contributed by atoms with Crippen LogP contribution < -0.4 is 5.73 Å². The number of aryl methyl sites for hydroxylation is 2. The molecule has 2 N–H and O–H groups in total. The zero-order valence-corrected chi connectivity index (χ0v) is 11.8. The van der Waals surface area contributed by atoms with Gasteiger partial charge in [0, 0.05) is 6.54 Å². The normalized spacial score (nSPS) is 14.0. The van der Waals surface area contributed by atoms with Crippen molar-refractivity contribution in [2.45, 2.75) is 25.8 Å². The Morgan fingerprint density at radius 1 is 1.29 bits per heavy atom. The largest absolute Gasteiger partial charge is 0.325 e. The highest BCUT2D eigenvalue weighted by Gasteiger charge is 2.14. The van der Waals surface area contributed by atoms with Crippen molar-refractivity contribution in [1.29, 1.82) is 0 Å². The Balaban J connectivity index is 2.06. The number of fused-ring (bicyclic) bond motifs is 1. The Morgan fingerprint density at radius 3 is 2.88 bits per heavy atom. The Bertz CT molecular complexity index is 563. The molecule has 1 aromatic carbocycles. The second-order valence-corrected chi connectivity index (χ2v) is 6.10. The van der Waals surface area contributed by atoms with Gasteiger partial charge in [-0.05, 0) is 57.9 Å². The Kier molecular flexibility index (Phi) is 3.03. The fraction of sp³-hybridized carbons (Fsp3) is 0.308. The summed E-state index contributed by atoms with van der Waals surface area (Å²) in [7, 11) is 0. The highest BCUT2D eigenvalue weighted by Crippen LogP contribution is 2.36. The summed E-state index contributed by atoms with van der Waals surface area (Å²) in [6.45, 7) is 0.508. The minimum Gasteiger partial charge on any atom is -0.325 e.